The van der Waals surface area contributed by atoms with E-state index in [1.807, 2.05) is 37.3 Å². The fourth-order valence-corrected chi connectivity index (χ4v) is 4.90. The van der Waals surface area contributed by atoms with Crippen LogP contribution in [0.15, 0.2) is 54.6 Å². The van der Waals surface area contributed by atoms with Gasteiger partial charge < -0.3 is 25.2 Å². The molecule has 1 fully saturated rings. The van der Waals surface area contributed by atoms with Crippen molar-refractivity contribution in [2.24, 2.45) is 0 Å². The van der Waals surface area contributed by atoms with Crippen molar-refractivity contribution in [1.29, 1.82) is 0 Å². The Morgan fingerprint density at radius 1 is 0.935 bits per heavy atom. The number of benzene rings is 2. The van der Waals surface area contributed by atoms with Crippen molar-refractivity contribution in [2.75, 3.05) is 6.61 Å². The number of aryl methyl sites for hydroxylation is 1. The first-order chi connectivity index (χ1) is 14.9. The number of rotatable bonds is 5. The van der Waals surface area contributed by atoms with Crippen molar-refractivity contribution in [2.45, 2.75) is 43.9 Å². The zero-order valence-electron chi connectivity index (χ0n) is 17.0. The summed E-state index contributed by atoms with van der Waals surface area (Å²) in [6.45, 7) is 1.54. The Balaban J connectivity index is 1.57. The minimum absolute atomic E-state index is 0.263. The van der Waals surface area contributed by atoms with E-state index in [0.717, 1.165) is 26.4 Å². The second-order valence-electron chi connectivity index (χ2n) is 7.89. The van der Waals surface area contributed by atoms with Gasteiger partial charge in [-0.3, -0.25) is 0 Å². The molecule has 2 aromatic carbocycles. The van der Waals surface area contributed by atoms with Gasteiger partial charge in [-0.2, -0.15) is 0 Å². The van der Waals surface area contributed by atoms with Crippen molar-refractivity contribution >= 4 is 11.3 Å². The average Bonchev–Trinajstić information content (AvgIpc) is 3.23. The standard InChI is InChI=1S/C24H25FO5S/c1-13-2-3-15(24-23(29)22(28)21(27)19(12-26)30-24)10-16(13)11-18-8-9-20(31-18)14-4-6-17(25)7-5-14/h2-10,19,21-24,26-29H,11-12H2,1H3/t19-,21+,22-,23+,24+/m1/s1. The Morgan fingerprint density at radius 2 is 1.68 bits per heavy atom. The van der Waals surface area contributed by atoms with Crippen LogP contribution < -0.4 is 0 Å². The van der Waals surface area contributed by atoms with Gasteiger partial charge in [-0.1, -0.05) is 30.3 Å². The SMILES string of the molecule is Cc1ccc([C@@H]2O[C@H](CO)[C@H](O)[C@@H](O)[C@@H]2O)cc1Cc1ccc(-c2ccc(F)cc2)s1. The Kier molecular flexibility index (Phi) is 6.52. The molecule has 0 unspecified atom stereocenters. The highest BCUT2D eigenvalue weighted by atomic mass is 32.1. The molecule has 1 saturated heterocycles. The summed E-state index contributed by atoms with van der Waals surface area (Å²) >= 11 is 1.63. The molecule has 1 aliphatic heterocycles. The van der Waals surface area contributed by atoms with Gasteiger partial charge in [-0.05, 0) is 53.4 Å². The van der Waals surface area contributed by atoms with Gasteiger partial charge in [0.15, 0.2) is 0 Å². The molecule has 7 heteroatoms. The van der Waals surface area contributed by atoms with E-state index >= 15 is 0 Å². The van der Waals surface area contributed by atoms with Crippen LogP contribution in [-0.2, 0) is 11.2 Å². The highest BCUT2D eigenvalue weighted by molar-refractivity contribution is 7.15. The largest absolute Gasteiger partial charge is 0.394 e. The van der Waals surface area contributed by atoms with Crippen molar-refractivity contribution in [1.82, 2.24) is 0 Å². The number of thiophene rings is 1. The maximum absolute atomic E-state index is 13.2. The summed E-state index contributed by atoms with van der Waals surface area (Å²) < 4.78 is 18.9. The molecule has 0 aliphatic carbocycles. The lowest BCUT2D eigenvalue weighted by atomic mass is 9.89. The predicted octanol–water partition coefficient (Wildman–Crippen LogP) is 2.97. The zero-order valence-corrected chi connectivity index (χ0v) is 17.8. The Hall–Kier alpha value is -2.13. The molecule has 0 saturated carbocycles. The average molecular weight is 445 g/mol. The van der Waals surface area contributed by atoms with Crippen LogP contribution in [0.1, 0.15) is 27.7 Å². The first-order valence-corrected chi connectivity index (χ1v) is 10.9. The number of aliphatic hydroxyl groups excluding tert-OH is 4. The van der Waals surface area contributed by atoms with E-state index in [4.69, 9.17) is 4.74 Å². The van der Waals surface area contributed by atoms with Gasteiger partial charge in [0.25, 0.3) is 0 Å². The van der Waals surface area contributed by atoms with Gasteiger partial charge in [0.2, 0.25) is 0 Å². The van der Waals surface area contributed by atoms with Gasteiger partial charge in [0, 0.05) is 16.2 Å². The summed E-state index contributed by atoms with van der Waals surface area (Å²) in [7, 11) is 0. The Morgan fingerprint density at radius 3 is 2.39 bits per heavy atom. The summed E-state index contributed by atoms with van der Waals surface area (Å²) in [6.07, 6.45) is -5.21. The zero-order chi connectivity index (χ0) is 22.1. The monoisotopic (exact) mass is 444 g/mol. The lowest BCUT2D eigenvalue weighted by Crippen LogP contribution is -2.55. The van der Waals surface area contributed by atoms with E-state index in [-0.39, 0.29) is 5.82 Å². The van der Waals surface area contributed by atoms with Crippen LogP contribution in [0.2, 0.25) is 0 Å². The molecule has 0 radical (unpaired) electrons. The molecule has 164 valence electrons. The summed E-state index contributed by atoms with van der Waals surface area (Å²) in [6, 6.07) is 16.2. The number of hydrogen-bond acceptors (Lipinski definition) is 6. The van der Waals surface area contributed by atoms with E-state index in [9.17, 15) is 24.8 Å². The fourth-order valence-electron chi connectivity index (χ4n) is 3.87. The molecule has 0 bridgehead atoms. The van der Waals surface area contributed by atoms with Crippen LogP contribution in [0, 0.1) is 12.7 Å². The first kappa shape index (κ1) is 22.1. The maximum Gasteiger partial charge on any atom is 0.123 e. The summed E-state index contributed by atoms with van der Waals surface area (Å²) in [5.41, 5.74) is 3.75. The number of hydrogen-bond donors (Lipinski definition) is 4. The van der Waals surface area contributed by atoms with E-state index in [1.54, 1.807) is 23.5 Å². The van der Waals surface area contributed by atoms with Gasteiger partial charge in [-0.25, -0.2) is 4.39 Å². The molecule has 31 heavy (non-hydrogen) atoms. The maximum atomic E-state index is 13.2. The third kappa shape index (κ3) is 4.57. The molecule has 0 spiro atoms. The van der Waals surface area contributed by atoms with Crippen molar-refractivity contribution in [3.63, 3.8) is 0 Å². The second-order valence-corrected chi connectivity index (χ2v) is 9.05. The van der Waals surface area contributed by atoms with Gasteiger partial charge in [0.1, 0.15) is 36.3 Å². The molecule has 4 N–H and O–H groups in total. The summed E-state index contributed by atoms with van der Waals surface area (Å²) in [5, 5.41) is 40.0. The van der Waals surface area contributed by atoms with Crippen LogP contribution in [0.25, 0.3) is 10.4 Å². The third-order valence-corrected chi connectivity index (χ3v) is 6.88. The van der Waals surface area contributed by atoms with Crippen LogP contribution in [0.4, 0.5) is 4.39 Å². The topological polar surface area (TPSA) is 90.2 Å². The Labute approximate surface area is 184 Å². The third-order valence-electron chi connectivity index (χ3n) is 5.75. The highest BCUT2D eigenvalue weighted by Gasteiger charge is 2.43. The fraction of sp³-hybridized carbons (Fsp3) is 0.333. The summed E-state index contributed by atoms with van der Waals surface area (Å²) in [5.74, 6) is -0.263. The molecule has 1 aliphatic rings. The molecule has 5 nitrogen and oxygen atoms in total. The molecular weight excluding hydrogens is 419 g/mol. The first-order valence-electron chi connectivity index (χ1n) is 10.1. The van der Waals surface area contributed by atoms with Crippen molar-refractivity contribution in [3.05, 3.63) is 82.0 Å². The lowest BCUT2D eigenvalue weighted by molar-refractivity contribution is -0.231. The smallest absolute Gasteiger partial charge is 0.123 e. The van der Waals surface area contributed by atoms with E-state index < -0.39 is 37.1 Å². The van der Waals surface area contributed by atoms with Crippen molar-refractivity contribution < 1.29 is 29.6 Å². The number of aliphatic hydroxyl groups is 4. The lowest BCUT2D eigenvalue weighted by Gasteiger charge is -2.40. The molecule has 0 amide bonds. The Bertz CT molecular complexity index is 1030. The van der Waals surface area contributed by atoms with E-state index in [0.29, 0.717) is 12.0 Å². The van der Waals surface area contributed by atoms with Gasteiger partial charge in [-0.15, -0.1) is 11.3 Å². The molecule has 1 aromatic heterocycles. The predicted molar refractivity (Wildman–Crippen MR) is 116 cm³/mol. The van der Waals surface area contributed by atoms with Crippen LogP contribution in [0.3, 0.4) is 0 Å². The highest BCUT2D eigenvalue weighted by Crippen LogP contribution is 2.35. The molecular formula is C24H25FO5S. The van der Waals surface area contributed by atoms with E-state index in [1.165, 1.54) is 12.1 Å². The normalized spacial score (nSPS) is 26.2. The minimum Gasteiger partial charge on any atom is -0.394 e. The quantitative estimate of drug-likeness (QED) is 0.486. The van der Waals surface area contributed by atoms with Crippen LogP contribution >= 0.6 is 11.3 Å². The van der Waals surface area contributed by atoms with Gasteiger partial charge in [0.05, 0.1) is 6.61 Å². The number of halogens is 1. The van der Waals surface area contributed by atoms with E-state index in [2.05, 4.69) is 0 Å². The van der Waals surface area contributed by atoms with Crippen molar-refractivity contribution in [3.8, 4) is 10.4 Å². The minimum atomic E-state index is -1.41. The van der Waals surface area contributed by atoms with Crippen LogP contribution in [0.5, 0.6) is 0 Å². The molecule has 3 aromatic rings. The molecule has 5 atom stereocenters. The molecule has 2 heterocycles. The number of ether oxygens (including phenoxy) is 1. The molecule has 4 rings (SSSR count). The second kappa shape index (κ2) is 9.16. The summed E-state index contributed by atoms with van der Waals surface area (Å²) in [4.78, 5) is 2.19. The van der Waals surface area contributed by atoms with Crippen LogP contribution in [-0.4, -0.2) is 51.4 Å². The van der Waals surface area contributed by atoms with Gasteiger partial charge >= 0.3 is 0 Å².